The number of hydrogen-bond acceptors (Lipinski definition) is 6. The lowest BCUT2D eigenvalue weighted by Crippen LogP contribution is -2.04. The fourth-order valence-electron chi connectivity index (χ4n) is 1.68. The molecule has 0 radical (unpaired) electrons. The summed E-state index contributed by atoms with van der Waals surface area (Å²) in [5.74, 6) is -2.19. The van der Waals surface area contributed by atoms with Crippen LogP contribution in [-0.2, 0) is 9.84 Å². The molecule has 2 aromatic carbocycles. The first-order chi connectivity index (χ1) is 10.5. The molecule has 11 heteroatoms. The molecular weight excluding hydrogens is 592 g/mol. The molecule has 4 N–H and O–H groups in total. The Balaban J connectivity index is 2.85. The highest BCUT2D eigenvalue weighted by Gasteiger charge is 2.30. The van der Waals surface area contributed by atoms with E-state index >= 15 is 0 Å². The predicted molar refractivity (Wildman–Crippen MR) is 95.8 cm³/mol. The molecule has 0 aliphatic heterocycles. The van der Waals surface area contributed by atoms with Gasteiger partial charge in [-0.25, -0.2) is 8.42 Å². The van der Waals surface area contributed by atoms with E-state index in [0.717, 1.165) is 12.1 Å². The summed E-state index contributed by atoms with van der Waals surface area (Å²) in [5, 5.41) is 39.4. The smallest absolute Gasteiger partial charge is 0.214 e. The zero-order valence-electron chi connectivity index (χ0n) is 10.7. The van der Waals surface area contributed by atoms with Gasteiger partial charge in [-0.3, -0.25) is 0 Å². The van der Waals surface area contributed by atoms with E-state index < -0.39 is 31.1 Å². The molecular formula is C12H6Br4O6S. The van der Waals surface area contributed by atoms with Gasteiger partial charge in [0.15, 0.2) is 11.5 Å². The fraction of sp³-hybridized carbons (Fsp3) is 0. The van der Waals surface area contributed by atoms with Crippen LogP contribution in [0.2, 0.25) is 0 Å². The summed E-state index contributed by atoms with van der Waals surface area (Å²) < 4.78 is 25.1. The molecule has 0 amide bonds. The summed E-state index contributed by atoms with van der Waals surface area (Å²) in [6, 6.07) is 2.00. The van der Waals surface area contributed by atoms with Crippen molar-refractivity contribution >= 4 is 73.6 Å². The van der Waals surface area contributed by atoms with Crippen molar-refractivity contribution in [1.82, 2.24) is 0 Å². The van der Waals surface area contributed by atoms with E-state index in [1.807, 2.05) is 0 Å². The molecule has 0 saturated carbocycles. The first kappa shape index (κ1) is 18.8. The zero-order chi connectivity index (χ0) is 17.7. The predicted octanol–water partition coefficient (Wildman–Crippen LogP) is 4.39. The van der Waals surface area contributed by atoms with E-state index in [4.69, 9.17) is 0 Å². The van der Waals surface area contributed by atoms with Gasteiger partial charge in [-0.05, 0) is 75.9 Å². The van der Waals surface area contributed by atoms with Crippen molar-refractivity contribution in [3.8, 4) is 23.0 Å². The van der Waals surface area contributed by atoms with Gasteiger partial charge in [0, 0.05) is 0 Å². The lowest BCUT2D eigenvalue weighted by Gasteiger charge is -2.13. The Labute approximate surface area is 164 Å². The Morgan fingerprint density at radius 2 is 0.957 bits per heavy atom. The average Bonchev–Trinajstić information content (AvgIpc) is 2.49. The number of hydrogen-bond donors (Lipinski definition) is 4. The van der Waals surface area contributed by atoms with Gasteiger partial charge in [0.05, 0.1) is 8.95 Å². The Hall–Kier alpha value is -0.490. The van der Waals surface area contributed by atoms with Crippen LogP contribution in [0.3, 0.4) is 0 Å². The largest absolute Gasteiger partial charge is 0.505 e. The van der Waals surface area contributed by atoms with Crippen LogP contribution in [-0.4, -0.2) is 28.8 Å². The molecule has 2 aromatic rings. The highest BCUT2D eigenvalue weighted by Crippen LogP contribution is 2.48. The third-order valence-electron chi connectivity index (χ3n) is 2.85. The van der Waals surface area contributed by atoms with E-state index in [1.54, 1.807) is 0 Å². The Morgan fingerprint density at radius 1 is 0.652 bits per heavy atom. The van der Waals surface area contributed by atoms with Crippen molar-refractivity contribution in [3.63, 3.8) is 0 Å². The second-order valence-electron chi connectivity index (χ2n) is 4.24. The number of halogens is 4. The van der Waals surface area contributed by atoms with Crippen LogP contribution in [0.25, 0.3) is 0 Å². The van der Waals surface area contributed by atoms with Crippen LogP contribution in [0.1, 0.15) is 0 Å². The number of benzene rings is 2. The van der Waals surface area contributed by atoms with Crippen molar-refractivity contribution < 1.29 is 28.8 Å². The van der Waals surface area contributed by atoms with E-state index in [1.165, 1.54) is 0 Å². The molecule has 0 aliphatic carbocycles. The summed E-state index contributed by atoms with van der Waals surface area (Å²) in [7, 11) is -4.37. The normalized spacial score (nSPS) is 11.7. The third-order valence-corrected chi connectivity index (χ3v) is 7.34. The molecule has 0 saturated heterocycles. The fourth-order valence-corrected chi connectivity index (χ4v) is 5.98. The molecule has 0 atom stereocenters. The van der Waals surface area contributed by atoms with Crippen LogP contribution >= 0.6 is 63.7 Å². The topological polar surface area (TPSA) is 115 Å². The number of rotatable bonds is 2. The summed E-state index contributed by atoms with van der Waals surface area (Å²) in [4.78, 5) is -1.09. The van der Waals surface area contributed by atoms with Crippen LogP contribution in [0.5, 0.6) is 23.0 Å². The Kier molecular flexibility index (Phi) is 5.27. The maximum Gasteiger partial charge on any atom is 0.214 e. The quantitative estimate of drug-likeness (QED) is 0.408. The average molecular weight is 598 g/mol. The summed E-state index contributed by atoms with van der Waals surface area (Å²) in [6.07, 6.45) is 0. The number of phenolic OH excluding ortho intramolecular Hbond substituents is 4. The van der Waals surface area contributed by atoms with E-state index in [2.05, 4.69) is 63.7 Å². The van der Waals surface area contributed by atoms with Gasteiger partial charge in [0.25, 0.3) is 0 Å². The minimum Gasteiger partial charge on any atom is -0.505 e. The van der Waals surface area contributed by atoms with Gasteiger partial charge in [0.1, 0.15) is 30.2 Å². The van der Waals surface area contributed by atoms with E-state index in [9.17, 15) is 28.8 Å². The van der Waals surface area contributed by atoms with Gasteiger partial charge < -0.3 is 20.4 Å². The monoisotopic (exact) mass is 594 g/mol. The first-order valence-corrected chi connectivity index (χ1v) is 10.2. The Morgan fingerprint density at radius 3 is 1.26 bits per heavy atom. The molecule has 23 heavy (non-hydrogen) atoms. The third kappa shape index (κ3) is 3.09. The molecule has 0 heterocycles. The maximum atomic E-state index is 12.7. The highest BCUT2D eigenvalue weighted by atomic mass is 79.9. The van der Waals surface area contributed by atoms with Crippen molar-refractivity contribution in [1.29, 1.82) is 0 Å². The summed E-state index contributed by atoms with van der Waals surface area (Å²) in [6.45, 7) is 0. The lowest BCUT2D eigenvalue weighted by molar-refractivity contribution is 0.428. The lowest BCUT2D eigenvalue weighted by atomic mass is 10.3. The molecule has 0 aliphatic rings. The van der Waals surface area contributed by atoms with Crippen molar-refractivity contribution in [2.75, 3.05) is 0 Å². The Bertz CT molecular complexity index is 857. The van der Waals surface area contributed by atoms with Crippen LogP contribution in [0.4, 0.5) is 0 Å². The molecule has 0 unspecified atom stereocenters. The van der Waals surface area contributed by atoms with Gasteiger partial charge in [-0.15, -0.1) is 0 Å². The standard InChI is InChI=1S/C12H6Br4O6S/c13-3-1-5(11(19)7(15)9(3)17)23(21,22)6-2-4(14)10(18)8(16)12(6)20/h1-2,17-20H. The zero-order valence-corrected chi connectivity index (χ0v) is 17.8. The molecule has 2 rings (SSSR count). The highest BCUT2D eigenvalue weighted by molar-refractivity contribution is 9.11. The second-order valence-corrected chi connectivity index (χ2v) is 9.42. The summed E-state index contributed by atoms with van der Waals surface area (Å²) >= 11 is 11.7. The minimum atomic E-state index is -4.37. The SMILES string of the molecule is O=S(=O)(c1cc(Br)c(O)c(Br)c1O)c1cc(Br)c(O)c(Br)c1O. The summed E-state index contributed by atoms with van der Waals surface area (Å²) in [5.41, 5.74) is 0. The molecule has 6 nitrogen and oxygen atoms in total. The van der Waals surface area contributed by atoms with E-state index in [0.29, 0.717) is 0 Å². The molecule has 0 aromatic heterocycles. The van der Waals surface area contributed by atoms with Crippen LogP contribution in [0, 0.1) is 0 Å². The first-order valence-electron chi connectivity index (χ1n) is 5.55. The number of aromatic hydroxyl groups is 4. The van der Waals surface area contributed by atoms with E-state index in [-0.39, 0.29) is 29.4 Å². The van der Waals surface area contributed by atoms with Crippen molar-refractivity contribution in [2.45, 2.75) is 9.79 Å². The van der Waals surface area contributed by atoms with Crippen molar-refractivity contribution in [2.24, 2.45) is 0 Å². The van der Waals surface area contributed by atoms with Gasteiger partial charge >= 0.3 is 0 Å². The second kappa shape index (κ2) is 6.43. The van der Waals surface area contributed by atoms with Gasteiger partial charge in [0.2, 0.25) is 9.84 Å². The van der Waals surface area contributed by atoms with Crippen LogP contribution in [0.15, 0.2) is 39.8 Å². The van der Waals surface area contributed by atoms with Crippen molar-refractivity contribution in [3.05, 3.63) is 30.0 Å². The molecule has 0 spiro atoms. The minimum absolute atomic E-state index is 0.0251. The maximum absolute atomic E-state index is 12.7. The molecule has 0 bridgehead atoms. The van der Waals surface area contributed by atoms with Gasteiger partial charge in [-0.2, -0.15) is 0 Å². The molecule has 124 valence electrons. The van der Waals surface area contributed by atoms with Gasteiger partial charge in [-0.1, -0.05) is 0 Å². The number of sulfone groups is 1. The number of phenols is 4. The van der Waals surface area contributed by atoms with Crippen LogP contribution < -0.4 is 0 Å². The molecule has 0 fully saturated rings.